The van der Waals surface area contributed by atoms with Crippen molar-refractivity contribution in [1.82, 2.24) is 5.32 Å². The molecule has 46 heavy (non-hydrogen) atoms. The van der Waals surface area contributed by atoms with Crippen LogP contribution in [0.4, 0.5) is 4.79 Å². The molecule has 0 bridgehead atoms. The van der Waals surface area contributed by atoms with E-state index in [4.69, 9.17) is 28.4 Å². The highest BCUT2D eigenvalue weighted by Gasteiger charge is 2.23. The van der Waals surface area contributed by atoms with Crippen molar-refractivity contribution in [3.05, 3.63) is 72.8 Å². The summed E-state index contributed by atoms with van der Waals surface area (Å²) in [5, 5.41) is 12.9. The Morgan fingerprint density at radius 2 is 1.37 bits per heavy atom. The summed E-state index contributed by atoms with van der Waals surface area (Å²) in [5.74, 6) is 1.93. The van der Waals surface area contributed by atoms with Gasteiger partial charge in [-0.1, -0.05) is 43.0 Å². The number of alkyl carbamates (subject to hydrolysis) is 1. The second-order valence-electron chi connectivity index (χ2n) is 11.8. The molecule has 2 N–H and O–H groups in total. The molecule has 2 atom stereocenters. The lowest BCUT2D eigenvalue weighted by molar-refractivity contribution is -0.139. The highest BCUT2D eigenvalue weighted by molar-refractivity contribution is 5.86. The van der Waals surface area contributed by atoms with Crippen LogP contribution < -0.4 is 14.8 Å². The van der Waals surface area contributed by atoms with E-state index in [1.165, 1.54) is 0 Å². The molecule has 1 amide bonds. The summed E-state index contributed by atoms with van der Waals surface area (Å²) in [4.78, 5) is 23.9. The third-order valence-electron chi connectivity index (χ3n) is 7.60. The van der Waals surface area contributed by atoms with Crippen molar-refractivity contribution in [2.45, 2.75) is 64.1 Å². The van der Waals surface area contributed by atoms with Gasteiger partial charge in [-0.05, 0) is 88.0 Å². The van der Waals surface area contributed by atoms with E-state index in [-0.39, 0.29) is 32.4 Å². The number of carbonyl (C=O) groups excluding carboxylic acids is 2. The Balaban J connectivity index is 1.28. The van der Waals surface area contributed by atoms with Gasteiger partial charge in [-0.2, -0.15) is 0 Å². The summed E-state index contributed by atoms with van der Waals surface area (Å²) in [7, 11) is 0. The van der Waals surface area contributed by atoms with Crippen LogP contribution in [0.3, 0.4) is 0 Å². The van der Waals surface area contributed by atoms with Crippen molar-refractivity contribution in [2.75, 3.05) is 52.8 Å². The van der Waals surface area contributed by atoms with Crippen LogP contribution in [0.2, 0.25) is 0 Å². The van der Waals surface area contributed by atoms with Crippen LogP contribution in [0.5, 0.6) is 11.5 Å². The van der Waals surface area contributed by atoms with Gasteiger partial charge in [0.2, 0.25) is 0 Å². The lowest BCUT2D eigenvalue weighted by Crippen LogP contribution is -2.36. The molecule has 0 aromatic heterocycles. The molecule has 10 nitrogen and oxygen atoms in total. The summed E-state index contributed by atoms with van der Waals surface area (Å²) in [6, 6.07) is 18.8. The highest BCUT2D eigenvalue weighted by atomic mass is 16.6. The van der Waals surface area contributed by atoms with E-state index in [1.807, 2.05) is 60.7 Å². The maximum absolute atomic E-state index is 12.5. The van der Waals surface area contributed by atoms with Crippen LogP contribution in [0.25, 0.3) is 0 Å². The number of aliphatic hydroxyl groups excluding tert-OH is 1. The molecule has 10 heteroatoms. The average Bonchev–Trinajstić information content (AvgIpc) is 3.07. The second kappa shape index (κ2) is 22.0. The zero-order valence-electron chi connectivity index (χ0n) is 27.1. The topological polar surface area (TPSA) is 122 Å². The fourth-order valence-corrected chi connectivity index (χ4v) is 4.96. The minimum atomic E-state index is -0.668. The van der Waals surface area contributed by atoms with Gasteiger partial charge in [-0.15, -0.1) is 0 Å². The Bertz CT molecular complexity index is 1120. The quantitative estimate of drug-likeness (QED) is 0.0943. The fourth-order valence-electron chi connectivity index (χ4n) is 4.96. The van der Waals surface area contributed by atoms with Gasteiger partial charge in [0.15, 0.2) is 6.10 Å². The van der Waals surface area contributed by atoms with Crippen LogP contribution in [0.1, 0.15) is 51.9 Å². The third kappa shape index (κ3) is 16.1. The molecule has 1 fully saturated rings. The number of amides is 1. The first-order valence-corrected chi connectivity index (χ1v) is 16.4. The Morgan fingerprint density at radius 3 is 1.96 bits per heavy atom. The number of unbranched alkanes of at least 4 members (excludes halogenated alkanes) is 2. The largest absolute Gasteiger partial charge is 0.491 e. The monoisotopic (exact) mass is 641 g/mol. The first-order chi connectivity index (χ1) is 22.4. The standard InChI is InChI=1S/C36H51NO9/c1-28(2)35(39)43-21-11-5-10-20-37-36(40)46-34(27-45-33-14-8-4-9-15-33)26-42-23-30-18-16-29(17-19-30)22-41-24-31(38)25-44-32-12-6-3-7-13-32/h3-4,6-9,12-15,29-31,34,38H,1,5,10-11,16-27H2,2H3,(H,37,40). The lowest BCUT2D eigenvalue weighted by Gasteiger charge is -2.29. The van der Waals surface area contributed by atoms with Crippen LogP contribution >= 0.6 is 0 Å². The molecule has 0 spiro atoms. The minimum Gasteiger partial charge on any atom is -0.491 e. The molecule has 1 saturated carbocycles. The molecule has 3 rings (SSSR count). The Morgan fingerprint density at radius 1 is 0.804 bits per heavy atom. The molecule has 254 valence electrons. The fraction of sp³-hybridized carbons (Fsp3) is 0.556. The Kier molecular flexibility index (Phi) is 17.6. The molecule has 0 saturated heterocycles. The Labute approximate surface area is 273 Å². The molecular formula is C36H51NO9. The number of hydrogen-bond donors (Lipinski definition) is 2. The summed E-state index contributed by atoms with van der Waals surface area (Å²) < 4.78 is 34.0. The summed E-state index contributed by atoms with van der Waals surface area (Å²) in [6.07, 6.45) is 4.64. The van der Waals surface area contributed by atoms with Gasteiger partial charge < -0.3 is 38.8 Å². The molecule has 1 aliphatic carbocycles. The number of para-hydroxylation sites is 2. The van der Waals surface area contributed by atoms with Crippen LogP contribution in [-0.4, -0.2) is 82.2 Å². The zero-order chi connectivity index (χ0) is 32.8. The van der Waals surface area contributed by atoms with E-state index in [2.05, 4.69) is 11.9 Å². The van der Waals surface area contributed by atoms with Crippen molar-refractivity contribution in [3.63, 3.8) is 0 Å². The van der Waals surface area contributed by atoms with E-state index in [0.717, 1.165) is 44.3 Å². The maximum Gasteiger partial charge on any atom is 0.407 e. The van der Waals surface area contributed by atoms with Crippen molar-refractivity contribution in [1.29, 1.82) is 0 Å². The molecule has 2 aromatic carbocycles. The molecular weight excluding hydrogens is 590 g/mol. The number of aliphatic hydroxyl groups is 1. The predicted octanol–water partition coefficient (Wildman–Crippen LogP) is 5.73. The molecule has 2 unspecified atom stereocenters. The first-order valence-electron chi connectivity index (χ1n) is 16.4. The SMILES string of the molecule is C=C(C)C(=O)OCCCCCNC(=O)OC(COCC1CCC(COCC(O)COc2ccccc2)CC1)COc1ccccc1. The number of benzene rings is 2. The molecule has 0 radical (unpaired) electrons. The maximum atomic E-state index is 12.5. The molecule has 1 aliphatic rings. The lowest BCUT2D eigenvalue weighted by atomic mass is 9.83. The Hall–Kier alpha value is -3.60. The zero-order valence-corrected chi connectivity index (χ0v) is 27.1. The number of hydrogen-bond acceptors (Lipinski definition) is 9. The minimum absolute atomic E-state index is 0.178. The summed E-state index contributed by atoms with van der Waals surface area (Å²) in [6.45, 7) is 8.04. The smallest absolute Gasteiger partial charge is 0.407 e. The predicted molar refractivity (Wildman–Crippen MR) is 175 cm³/mol. The van der Waals surface area contributed by atoms with E-state index in [1.54, 1.807) is 6.92 Å². The summed E-state index contributed by atoms with van der Waals surface area (Å²) >= 11 is 0. The van der Waals surface area contributed by atoms with Gasteiger partial charge in [-0.25, -0.2) is 9.59 Å². The normalized spacial score (nSPS) is 17.3. The van der Waals surface area contributed by atoms with Crippen LogP contribution in [-0.2, 0) is 23.7 Å². The molecule has 2 aromatic rings. The van der Waals surface area contributed by atoms with Gasteiger partial charge in [-0.3, -0.25) is 0 Å². The van der Waals surface area contributed by atoms with Gasteiger partial charge in [0.25, 0.3) is 0 Å². The number of esters is 1. The molecule has 0 aliphatic heterocycles. The number of nitrogens with one attached hydrogen (secondary N) is 1. The van der Waals surface area contributed by atoms with E-state index in [0.29, 0.717) is 55.9 Å². The van der Waals surface area contributed by atoms with Crippen molar-refractivity contribution >= 4 is 12.1 Å². The van der Waals surface area contributed by atoms with Gasteiger partial charge in [0.1, 0.15) is 30.8 Å². The van der Waals surface area contributed by atoms with Crippen molar-refractivity contribution < 1.29 is 43.1 Å². The van der Waals surface area contributed by atoms with Gasteiger partial charge in [0.05, 0.1) is 19.8 Å². The number of rotatable bonds is 22. The third-order valence-corrected chi connectivity index (χ3v) is 7.60. The number of carbonyl (C=O) groups is 2. The van der Waals surface area contributed by atoms with Crippen molar-refractivity contribution in [2.24, 2.45) is 11.8 Å². The van der Waals surface area contributed by atoms with Gasteiger partial charge >= 0.3 is 12.1 Å². The van der Waals surface area contributed by atoms with E-state index < -0.39 is 18.3 Å². The van der Waals surface area contributed by atoms with E-state index in [9.17, 15) is 14.7 Å². The van der Waals surface area contributed by atoms with Crippen LogP contribution in [0, 0.1) is 11.8 Å². The van der Waals surface area contributed by atoms with Crippen LogP contribution in [0.15, 0.2) is 72.8 Å². The van der Waals surface area contributed by atoms with E-state index >= 15 is 0 Å². The number of ether oxygens (including phenoxy) is 6. The van der Waals surface area contributed by atoms with Crippen molar-refractivity contribution in [3.8, 4) is 11.5 Å². The highest BCUT2D eigenvalue weighted by Crippen LogP contribution is 2.29. The summed E-state index contributed by atoms with van der Waals surface area (Å²) in [5.41, 5.74) is 0.382. The second-order valence-corrected chi connectivity index (χ2v) is 11.8. The first kappa shape index (κ1) is 36.9. The average molecular weight is 642 g/mol. The van der Waals surface area contributed by atoms with Gasteiger partial charge in [0, 0.05) is 25.3 Å². The molecule has 0 heterocycles.